The van der Waals surface area contributed by atoms with Gasteiger partial charge in [0, 0.05) is 44.9 Å². The van der Waals surface area contributed by atoms with Gasteiger partial charge >= 0.3 is 0 Å². The quantitative estimate of drug-likeness (QED) is 0.130. The van der Waals surface area contributed by atoms with Gasteiger partial charge in [0.15, 0.2) is 0 Å². The number of para-hydroxylation sites is 2. The molecule has 0 fully saturated rings. The van der Waals surface area contributed by atoms with Gasteiger partial charge in [0.2, 0.25) is 0 Å². The summed E-state index contributed by atoms with van der Waals surface area (Å²) in [6, 6.07) is 45.4. The first-order chi connectivity index (χ1) is 25.2. The summed E-state index contributed by atoms with van der Waals surface area (Å²) in [6.07, 6.45) is 20.5. The molecule has 8 rings (SSSR count). The summed E-state index contributed by atoms with van der Waals surface area (Å²) in [6.45, 7) is 10.5. The van der Waals surface area contributed by atoms with Gasteiger partial charge in [0.05, 0.1) is 17.3 Å². The number of aromatic nitrogens is 2. The molecule has 246 valence electrons. The molecule has 51 heavy (non-hydrogen) atoms. The lowest BCUT2D eigenvalue weighted by Gasteiger charge is -2.17. The van der Waals surface area contributed by atoms with Crippen molar-refractivity contribution in [3.05, 3.63) is 205 Å². The van der Waals surface area contributed by atoms with Gasteiger partial charge in [-0.1, -0.05) is 159 Å². The first-order valence-corrected chi connectivity index (χ1v) is 17.6. The molecule has 1 aliphatic rings. The number of nitrogens with zero attached hydrogens (tertiary/aromatic N) is 2. The maximum atomic E-state index is 4.21. The summed E-state index contributed by atoms with van der Waals surface area (Å²) in [5.41, 5.74) is 13.2. The van der Waals surface area contributed by atoms with Gasteiger partial charge in [-0.3, -0.25) is 0 Å². The van der Waals surface area contributed by atoms with Crippen LogP contribution in [0.2, 0.25) is 0 Å². The molecular weight excluding hydrogens is 617 g/mol. The summed E-state index contributed by atoms with van der Waals surface area (Å²) >= 11 is 0. The van der Waals surface area contributed by atoms with Crippen molar-refractivity contribution in [1.82, 2.24) is 9.13 Å². The summed E-state index contributed by atoms with van der Waals surface area (Å²) in [5.74, 6) is 0. The minimum absolute atomic E-state index is 0.0586. The Morgan fingerprint density at radius 1 is 0.686 bits per heavy atom. The van der Waals surface area contributed by atoms with Gasteiger partial charge in [0.25, 0.3) is 0 Å². The molecule has 0 saturated heterocycles. The summed E-state index contributed by atoms with van der Waals surface area (Å²) in [7, 11) is 0. The molecule has 1 unspecified atom stereocenters. The van der Waals surface area contributed by atoms with E-state index < -0.39 is 0 Å². The molecule has 0 aliphatic heterocycles. The standard InChI is InChI=1S/C49H40N2/c1-4-17-46-42(6-3)43-22-13-15-24-47(43)50(46)41-30-27-38(33-41)39-28-31-49-45(34-39)44-23-14-16-25-48(44)51(49)40(29-26-35-18-9-7-10-19-35)32-36(5-2)37-20-11-8-12-21-37/h4-32,34,40H,2-3,33H2,1H3/b17-4-,29-26?,36-32+. The maximum Gasteiger partial charge on any atom is 0.0718 e. The fourth-order valence-corrected chi connectivity index (χ4v) is 7.60. The Balaban J connectivity index is 1.22. The van der Waals surface area contributed by atoms with Crippen molar-refractivity contribution in [3.8, 4) is 0 Å². The highest BCUT2D eigenvalue weighted by Crippen LogP contribution is 2.40. The molecule has 0 N–H and O–H groups in total. The van der Waals surface area contributed by atoms with Crippen LogP contribution in [0.4, 0.5) is 0 Å². The molecule has 2 heterocycles. The molecule has 2 aromatic heterocycles. The smallest absolute Gasteiger partial charge is 0.0718 e. The second-order valence-corrected chi connectivity index (χ2v) is 13.0. The Labute approximate surface area is 300 Å². The van der Waals surface area contributed by atoms with E-state index in [0.29, 0.717) is 0 Å². The van der Waals surface area contributed by atoms with Crippen molar-refractivity contribution in [2.75, 3.05) is 0 Å². The number of hydrogen-bond donors (Lipinski definition) is 0. The predicted octanol–water partition coefficient (Wildman–Crippen LogP) is 13.3. The van der Waals surface area contributed by atoms with E-state index >= 15 is 0 Å². The Kier molecular flexibility index (Phi) is 8.66. The van der Waals surface area contributed by atoms with E-state index in [9.17, 15) is 0 Å². The third-order valence-corrected chi connectivity index (χ3v) is 9.96. The average molecular weight is 657 g/mol. The van der Waals surface area contributed by atoms with Gasteiger partial charge in [-0.05, 0) is 71.2 Å². The van der Waals surface area contributed by atoms with Crippen molar-refractivity contribution >= 4 is 67.8 Å². The Morgan fingerprint density at radius 2 is 1.37 bits per heavy atom. The highest BCUT2D eigenvalue weighted by atomic mass is 15.0. The third-order valence-electron chi connectivity index (χ3n) is 9.96. The normalized spacial score (nSPS) is 14.2. The van der Waals surface area contributed by atoms with E-state index in [0.717, 1.165) is 17.6 Å². The molecule has 5 aromatic carbocycles. The molecule has 0 amide bonds. The van der Waals surface area contributed by atoms with E-state index in [1.54, 1.807) is 0 Å². The number of hydrogen-bond acceptors (Lipinski definition) is 0. The van der Waals surface area contributed by atoms with E-state index in [1.165, 1.54) is 66.4 Å². The van der Waals surface area contributed by atoms with Gasteiger partial charge in [0.1, 0.15) is 0 Å². The van der Waals surface area contributed by atoms with Crippen LogP contribution < -0.4 is 0 Å². The van der Waals surface area contributed by atoms with Crippen LogP contribution in [-0.4, -0.2) is 9.13 Å². The zero-order valence-corrected chi connectivity index (χ0v) is 28.9. The highest BCUT2D eigenvalue weighted by Gasteiger charge is 2.21. The van der Waals surface area contributed by atoms with Crippen LogP contribution in [-0.2, 0) is 0 Å². The van der Waals surface area contributed by atoms with Crippen LogP contribution in [0.1, 0.15) is 47.3 Å². The molecular formula is C49H40N2. The lowest BCUT2D eigenvalue weighted by atomic mass is 10.0. The Morgan fingerprint density at radius 3 is 2.12 bits per heavy atom. The van der Waals surface area contributed by atoms with Crippen LogP contribution in [0.25, 0.3) is 67.8 Å². The zero-order valence-electron chi connectivity index (χ0n) is 28.9. The lowest BCUT2D eigenvalue weighted by molar-refractivity contribution is 0.786. The molecule has 2 heteroatoms. The van der Waals surface area contributed by atoms with Gasteiger partial charge in [-0.15, -0.1) is 0 Å². The molecule has 0 saturated carbocycles. The van der Waals surface area contributed by atoms with Gasteiger partial charge in [-0.2, -0.15) is 0 Å². The van der Waals surface area contributed by atoms with Crippen LogP contribution >= 0.6 is 0 Å². The second-order valence-electron chi connectivity index (χ2n) is 13.0. The van der Waals surface area contributed by atoms with E-state index in [-0.39, 0.29) is 6.04 Å². The summed E-state index contributed by atoms with van der Waals surface area (Å²) in [4.78, 5) is 0. The molecule has 0 spiro atoms. The fraction of sp³-hybridized carbons (Fsp3) is 0.0612. The Bertz CT molecular complexity index is 2580. The largest absolute Gasteiger partial charge is 0.330 e. The van der Waals surface area contributed by atoms with Crippen molar-refractivity contribution in [3.63, 3.8) is 0 Å². The van der Waals surface area contributed by atoms with Gasteiger partial charge < -0.3 is 9.13 Å². The van der Waals surface area contributed by atoms with E-state index in [2.05, 4.69) is 199 Å². The van der Waals surface area contributed by atoms with E-state index in [4.69, 9.17) is 0 Å². The molecule has 7 aromatic rings. The number of fused-ring (bicyclic) bond motifs is 4. The van der Waals surface area contributed by atoms with Gasteiger partial charge in [-0.25, -0.2) is 0 Å². The molecule has 1 aliphatic carbocycles. The fourth-order valence-electron chi connectivity index (χ4n) is 7.60. The monoisotopic (exact) mass is 656 g/mol. The maximum absolute atomic E-state index is 4.21. The summed E-state index contributed by atoms with van der Waals surface area (Å²) in [5, 5.41) is 3.72. The molecule has 2 nitrogen and oxygen atoms in total. The number of benzene rings is 5. The van der Waals surface area contributed by atoms with Crippen LogP contribution in [0, 0.1) is 0 Å². The second kappa shape index (κ2) is 13.9. The molecule has 0 bridgehead atoms. The topological polar surface area (TPSA) is 9.86 Å². The van der Waals surface area contributed by atoms with Crippen LogP contribution in [0.3, 0.4) is 0 Å². The minimum Gasteiger partial charge on any atom is -0.330 e. The van der Waals surface area contributed by atoms with Crippen molar-refractivity contribution < 1.29 is 0 Å². The van der Waals surface area contributed by atoms with Crippen molar-refractivity contribution in [1.29, 1.82) is 0 Å². The highest BCUT2D eigenvalue weighted by molar-refractivity contribution is 6.09. The first kappa shape index (κ1) is 31.9. The van der Waals surface area contributed by atoms with Crippen molar-refractivity contribution in [2.45, 2.75) is 19.4 Å². The van der Waals surface area contributed by atoms with Crippen LogP contribution in [0.5, 0.6) is 0 Å². The van der Waals surface area contributed by atoms with E-state index in [1.807, 2.05) is 12.2 Å². The van der Waals surface area contributed by atoms with Crippen LogP contribution in [0.15, 0.2) is 177 Å². The SMILES string of the molecule is C=C/C(=C\C(C=Cc1ccccc1)n1c2ccccc2c2cc(C3=CC=C(n4c(/C=C\C)c(C=C)c5ccccc54)C3)ccc21)c1ccccc1. The number of allylic oxidation sites excluding steroid dienone is 9. The zero-order chi connectivity index (χ0) is 34.7. The minimum atomic E-state index is -0.0586. The number of rotatable bonds is 10. The lowest BCUT2D eigenvalue weighted by Crippen LogP contribution is -2.04. The molecule has 1 atom stereocenters. The molecule has 0 radical (unpaired) electrons. The Hall–Kier alpha value is -6.38. The van der Waals surface area contributed by atoms with Crippen molar-refractivity contribution in [2.24, 2.45) is 0 Å². The first-order valence-electron chi connectivity index (χ1n) is 17.6. The average Bonchev–Trinajstić information content (AvgIpc) is 3.88. The summed E-state index contributed by atoms with van der Waals surface area (Å²) < 4.78 is 4.87. The predicted molar refractivity (Wildman–Crippen MR) is 222 cm³/mol. The third kappa shape index (κ3) is 5.85.